The van der Waals surface area contributed by atoms with E-state index in [0.717, 1.165) is 16.3 Å². The third kappa shape index (κ3) is 4.05. The number of hydrogen-bond acceptors (Lipinski definition) is 4. The number of thiocarbonyl (C=S) groups is 1. The van der Waals surface area contributed by atoms with Crippen LogP contribution in [0.4, 0.5) is 0 Å². The first-order valence-electron chi connectivity index (χ1n) is 7.31. The van der Waals surface area contributed by atoms with Gasteiger partial charge in [0.25, 0.3) is 0 Å². The Bertz CT molecular complexity index is 857. The summed E-state index contributed by atoms with van der Waals surface area (Å²) in [6.07, 6.45) is 2.29. The zero-order chi connectivity index (χ0) is 16.3. The van der Waals surface area contributed by atoms with Crippen molar-refractivity contribution in [3.8, 4) is 0 Å². The number of hydrogen-bond donors (Lipinski definition) is 2. The van der Waals surface area contributed by atoms with Gasteiger partial charge in [0.1, 0.15) is 0 Å². The average molecular weight is 347 g/mol. The van der Waals surface area contributed by atoms with Gasteiger partial charge in [-0.2, -0.15) is 5.10 Å². The van der Waals surface area contributed by atoms with Gasteiger partial charge in [0, 0.05) is 11.6 Å². The molecule has 1 aliphatic rings. The van der Waals surface area contributed by atoms with E-state index in [2.05, 4.69) is 15.8 Å². The minimum Gasteiger partial charge on any atom is -0.358 e. The topological polar surface area (TPSA) is 70.6 Å². The number of rotatable bonds is 3. The second kappa shape index (κ2) is 6.64. The largest absolute Gasteiger partial charge is 0.358 e. The summed E-state index contributed by atoms with van der Waals surface area (Å²) >= 11 is 5.15. The van der Waals surface area contributed by atoms with E-state index in [9.17, 15) is 8.42 Å². The average Bonchev–Trinajstić information content (AvgIpc) is 2.86. The van der Waals surface area contributed by atoms with Crippen LogP contribution in [0.2, 0.25) is 0 Å². The molecule has 1 fully saturated rings. The van der Waals surface area contributed by atoms with Crippen molar-refractivity contribution >= 4 is 44.2 Å². The zero-order valence-electron chi connectivity index (χ0n) is 12.4. The quantitative estimate of drug-likeness (QED) is 0.504. The SMILES string of the molecule is O=S1(=O)CC[C@@H](NC(=S)N/N=C\c2cccc3ccccc23)C1. The first-order valence-corrected chi connectivity index (χ1v) is 9.54. The molecule has 2 N–H and O–H groups in total. The molecule has 0 aromatic heterocycles. The lowest BCUT2D eigenvalue weighted by molar-refractivity contribution is 0.600. The standard InChI is InChI=1S/C16H17N3O2S2/c20-23(21)9-8-14(11-23)18-16(22)19-17-10-13-6-3-5-12-4-1-2-7-15(12)13/h1-7,10,14H,8-9,11H2,(H2,18,19,22)/b17-10-/t14-/m1/s1. The number of hydrazone groups is 1. The van der Waals surface area contributed by atoms with Gasteiger partial charge in [0.2, 0.25) is 0 Å². The Kier molecular flexibility index (Phi) is 4.58. The zero-order valence-corrected chi connectivity index (χ0v) is 14.0. The van der Waals surface area contributed by atoms with Gasteiger partial charge in [0.15, 0.2) is 14.9 Å². The lowest BCUT2D eigenvalue weighted by Crippen LogP contribution is -2.40. The highest BCUT2D eigenvalue weighted by molar-refractivity contribution is 7.91. The van der Waals surface area contributed by atoms with Crippen LogP contribution in [0.15, 0.2) is 47.6 Å². The molecule has 0 unspecified atom stereocenters. The van der Waals surface area contributed by atoms with E-state index in [1.165, 1.54) is 0 Å². The van der Waals surface area contributed by atoms with E-state index in [0.29, 0.717) is 11.5 Å². The molecule has 0 bridgehead atoms. The minimum absolute atomic E-state index is 0.127. The van der Waals surface area contributed by atoms with E-state index in [-0.39, 0.29) is 17.5 Å². The molecule has 1 aliphatic heterocycles. The lowest BCUT2D eigenvalue weighted by Gasteiger charge is -2.12. The maximum atomic E-state index is 11.4. The number of benzene rings is 2. The molecule has 0 radical (unpaired) electrons. The summed E-state index contributed by atoms with van der Waals surface area (Å²) in [6.45, 7) is 0. The lowest BCUT2D eigenvalue weighted by atomic mass is 10.1. The van der Waals surface area contributed by atoms with Crippen LogP contribution in [-0.4, -0.2) is 37.3 Å². The fraction of sp³-hybridized carbons (Fsp3) is 0.250. The molecule has 0 saturated carbocycles. The van der Waals surface area contributed by atoms with Crippen LogP contribution in [0.3, 0.4) is 0 Å². The molecule has 3 rings (SSSR count). The summed E-state index contributed by atoms with van der Waals surface area (Å²) in [6, 6.07) is 13.9. The highest BCUT2D eigenvalue weighted by atomic mass is 32.2. The predicted octanol–water partition coefficient (Wildman–Crippen LogP) is 1.82. The molecule has 2 aromatic carbocycles. The number of fused-ring (bicyclic) bond motifs is 1. The van der Waals surface area contributed by atoms with Gasteiger partial charge >= 0.3 is 0 Å². The van der Waals surface area contributed by atoms with Crippen molar-refractivity contribution < 1.29 is 8.42 Å². The predicted molar refractivity (Wildman–Crippen MR) is 97.5 cm³/mol. The fourth-order valence-electron chi connectivity index (χ4n) is 2.65. The van der Waals surface area contributed by atoms with E-state index in [1.807, 2.05) is 42.5 Å². The van der Waals surface area contributed by atoms with Crippen LogP contribution >= 0.6 is 12.2 Å². The summed E-state index contributed by atoms with van der Waals surface area (Å²) < 4.78 is 22.8. The molecule has 7 heteroatoms. The van der Waals surface area contributed by atoms with E-state index >= 15 is 0 Å². The summed E-state index contributed by atoms with van der Waals surface area (Å²) in [5.41, 5.74) is 3.73. The van der Waals surface area contributed by atoms with Crippen LogP contribution in [0.25, 0.3) is 10.8 Å². The first kappa shape index (κ1) is 15.9. The van der Waals surface area contributed by atoms with Gasteiger partial charge in [-0.1, -0.05) is 42.5 Å². The van der Waals surface area contributed by atoms with Gasteiger partial charge < -0.3 is 5.32 Å². The number of nitrogens with one attached hydrogen (secondary N) is 2. The fourth-order valence-corrected chi connectivity index (χ4v) is 4.54. The van der Waals surface area contributed by atoms with Gasteiger partial charge in [-0.15, -0.1) is 0 Å². The van der Waals surface area contributed by atoms with Crippen LogP contribution in [-0.2, 0) is 9.84 Å². The van der Waals surface area contributed by atoms with Crippen molar-refractivity contribution in [1.82, 2.24) is 10.7 Å². The van der Waals surface area contributed by atoms with Crippen molar-refractivity contribution in [2.75, 3.05) is 11.5 Å². The Balaban J connectivity index is 1.61. The summed E-state index contributed by atoms with van der Waals surface area (Å²) in [4.78, 5) is 0. The Morgan fingerprint density at radius 2 is 2.00 bits per heavy atom. The van der Waals surface area contributed by atoms with Crippen LogP contribution < -0.4 is 10.7 Å². The van der Waals surface area contributed by atoms with Crippen molar-refractivity contribution in [2.45, 2.75) is 12.5 Å². The smallest absolute Gasteiger partial charge is 0.187 e. The van der Waals surface area contributed by atoms with Gasteiger partial charge in [-0.25, -0.2) is 8.42 Å². The Labute approximate surface area is 140 Å². The highest BCUT2D eigenvalue weighted by Crippen LogP contribution is 2.16. The number of sulfone groups is 1. The van der Waals surface area contributed by atoms with Crippen molar-refractivity contribution in [3.63, 3.8) is 0 Å². The first-order chi connectivity index (χ1) is 11.0. The molecule has 120 valence electrons. The molecular formula is C16H17N3O2S2. The molecule has 0 aliphatic carbocycles. The molecular weight excluding hydrogens is 330 g/mol. The number of nitrogens with zero attached hydrogens (tertiary/aromatic N) is 1. The molecule has 1 heterocycles. The Morgan fingerprint density at radius 1 is 1.22 bits per heavy atom. The monoisotopic (exact) mass is 347 g/mol. The van der Waals surface area contributed by atoms with E-state index < -0.39 is 9.84 Å². The minimum atomic E-state index is -2.92. The molecule has 0 spiro atoms. The normalized spacial score (nSPS) is 19.9. The van der Waals surface area contributed by atoms with E-state index in [1.54, 1.807) is 6.21 Å². The Hall–Kier alpha value is -1.99. The van der Waals surface area contributed by atoms with Gasteiger partial charge in [0.05, 0.1) is 17.7 Å². The van der Waals surface area contributed by atoms with Crippen molar-refractivity contribution in [1.29, 1.82) is 0 Å². The summed E-state index contributed by atoms with van der Waals surface area (Å²) in [7, 11) is -2.92. The van der Waals surface area contributed by atoms with Gasteiger partial charge in [-0.05, 0) is 29.4 Å². The Morgan fingerprint density at radius 3 is 2.78 bits per heavy atom. The molecule has 1 atom stereocenters. The molecule has 23 heavy (non-hydrogen) atoms. The third-order valence-electron chi connectivity index (χ3n) is 3.76. The summed E-state index contributed by atoms with van der Waals surface area (Å²) in [5, 5.41) is 9.72. The second-order valence-corrected chi connectivity index (χ2v) is 8.15. The maximum absolute atomic E-state index is 11.4. The second-order valence-electron chi connectivity index (χ2n) is 5.51. The van der Waals surface area contributed by atoms with Gasteiger partial charge in [-0.3, -0.25) is 5.43 Å². The molecule has 2 aromatic rings. The van der Waals surface area contributed by atoms with Crippen LogP contribution in [0, 0.1) is 0 Å². The third-order valence-corrected chi connectivity index (χ3v) is 5.74. The molecule has 5 nitrogen and oxygen atoms in total. The van der Waals surface area contributed by atoms with Crippen LogP contribution in [0.1, 0.15) is 12.0 Å². The maximum Gasteiger partial charge on any atom is 0.187 e. The molecule has 0 amide bonds. The van der Waals surface area contributed by atoms with Crippen molar-refractivity contribution in [3.05, 3.63) is 48.0 Å². The summed E-state index contributed by atoms with van der Waals surface area (Å²) in [5.74, 6) is 0.342. The van der Waals surface area contributed by atoms with Crippen LogP contribution in [0.5, 0.6) is 0 Å². The van der Waals surface area contributed by atoms with Crippen molar-refractivity contribution in [2.24, 2.45) is 5.10 Å². The molecule has 1 saturated heterocycles. The highest BCUT2D eigenvalue weighted by Gasteiger charge is 2.28. The van der Waals surface area contributed by atoms with E-state index in [4.69, 9.17) is 12.2 Å².